The lowest BCUT2D eigenvalue weighted by atomic mass is 10.1. The minimum absolute atomic E-state index is 0.144. The van der Waals surface area contributed by atoms with Gasteiger partial charge in [-0.3, -0.25) is 10.2 Å². The van der Waals surface area contributed by atoms with E-state index < -0.39 is 0 Å². The Kier molecular flexibility index (Phi) is 4.13. The van der Waals surface area contributed by atoms with Crippen molar-refractivity contribution in [1.82, 2.24) is 5.06 Å². The predicted molar refractivity (Wildman–Crippen MR) is 72.5 cm³/mol. The van der Waals surface area contributed by atoms with E-state index in [1.807, 2.05) is 18.2 Å². The van der Waals surface area contributed by atoms with Crippen molar-refractivity contribution in [2.45, 2.75) is 19.6 Å². The lowest BCUT2D eigenvalue weighted by Crippen LogP contribution is -2.26. The van der Waals surface area contributed by atoms with Gasteiger partial charge in [-0.2, -0.15) is 0 Å². The summed E-state index contributed by atoms with van der Waals surface area (Å²) in [6.07, 6.45) is 0.564. The second-order valence-corrected chi connectivity index (χ2v) is 4.30. The van der Waals surface area contributed by atoms with Crippen LogP contribution in [0, 0.1) is 10.8 Å². The summed E-state index contributed by atoms with van der Waals surface area (Å²) in [7, 11) is 1.61. The van der Waals surface area contributed by atoms with Crippen LogP contribution in [-0.4, -0.2) is 30.3 Å². The van der Waals surface area contributed by atoms with Crippen LogP contribution in [0.25, 0.3) is 0 Å². The topological polar surface area (TPSA) is 95.4 Å². The first-order valence-electron chi connectivity index (χ1n) is 6.08. The molecule has 1 fully saturated rings. The molecule has 0 saturated carbocycles. The summed E-state index contributed by atoms with van der Waals surface area (Å²) in [6.45, 7) is 1.34. The minimum atomic E-state index is 0.144. The molecule has 4 N–H and O–H groups in total. The molecule has 0 aliphatic carbocycles. The van der Waals surface area contributed by atoms with Crippen molar-refractivity contribution in [2.24, 2.45) is 5.73 Å². The summed E-state index contributed by atoms with van der Waals surface area (Å²) >= 11 is 0. The molecule has 0 radical (unpaired) electrons. The van der Waals surface area contributed by atoms with Crippen molar-refractivity contribution in [1.29, 1.82) is 10.8 Å². The van der Waals surface area contributed by atoms with Gasteiger partial charge in [-0.15, -0.1) is 0 Å². The van der Waals surface area contributed by atoms with E-state index in [0.717, 1.165) is 16.9 Å². The molecular weight excluding hydrogens is 244 g/mol. The highest BCUT2D eigenvalue weighted by molar-refractivity contribution is 6.40. The number of hydrogen-bond acceptors (Lipinski definition) is 5. The first-order chi connectivity index (χ1) is 9.15. The number of nitrogens with zero attached hydrogens (tertiary/aromatic N) is 1. The van der Waals surface area contributed by atoms with E-state index in [-0.39, 0.29) is 5.84 Å². The van der Waals surface area contributed by atoms with Crippen LogP contribution in [-0.2, 0) is 18.0 Å². The molecule has 1 saturated heterocycles. The van der Waals surface area contributed by atoms with Crippen molar-refractivity contribution in [3.05, 3.63) is 29.3 Å². The zero-order valence-corrected chi connectivity index (χ0v) is 10.9. The van der Waals surface area contributed by atoms with Gasteiger partial charge in [-0.05, 0) is 11.6 Å². The van der Waals surface area contributed by atoms with Gasteiger partial charge in [0.15, 0.2) is 5.84 Å². The highest BCUT2D eigenvalue weighted by Crippen LogP contribution is 2.20. The Balaban J connectivity index is 2.00. The fraction of sp³-hybridized carbons (Fsp3) is 0.385. The average molecular weight is 262 g/mol. The second kappa shape index (κ2) is 5.81. The first kappa shape index (κ1) is 13.5. The van der Waals surface area contributed by atoms with Crippen LogP contribution in [0.2, 0.25) is 0 Å². The number of benzene rings is 1. The standard InChI is InChI=1S/C13H18N4O2/c1-18-12-6-9(2-3-10(12)7-14)8-19-17-5-4-11(15)13(17)16/h2-3,6,15-16H,4-5,7-8,14H2,1H3. The van der Waals surface area contributed by atoms with E-state index in [4.69, 9.17) is 26.1 Å². The number of ether oxygens (including phenoxy) is 1. The van der Waals surface area contributed by atoms with E-state index in [0.29, 0.717) is 31.8 Å². The van der Waals surface area contributed by atoms with Crippen LogP contribution in [0.1, 0.15) is 17.5 Å². The molecule has 0 amide bonds. The molecule has 2 rings (SSSR count). The van der Waals surface area contributed by atoms with Crippen LogP contribution >= 0.6 is 0 Å². The van der Waals surface area contributed by atoms with Crippen LogP contribution in [0.3, 0.4) is 0 Å². The molecule has 6 heteroatoms. The third-order valence-corrected chi connectivity index (χ3v) is 3.06. The maximum atomic E-state index is 7.66. The van der Waals surface area contributed by atoms with Crippen molar-refractivity contribution in [3.63, 3.8) is 0 Å². The van der Waals surface area contributed by atoms with Crippen LogP contribution in [0.4, 0.5) is 0 Å². The maximum absolute atomic E-state index is 7.66. The molecule has 1 aliphatic heterocycles. The Morgan fingerprint density at radius 3 is 2.74 bits per heavy atom. The van der Waals surface area contributed by atoms with Gasteiger partial charge < -0.3 is 15.9 Å². The Morgan fingerprint density at radius 1 is 1.37 bits per heavy atom. The molecule has 1 heterocycles. The lowest BCUT2D eigenvalue weighted by molar-refractivity contribution is -0.104. The molecule has 102 valence electrons. The van der Waals surface area contributed by atoms with Gasteiger partial charge in [0.1, 0.15) is 12.4 Å². The average Bonchev–Trinajstić information content (AvgIpc) is 2.76. The highest BCUT2D eigenvalue weighted by atomic mass is 16.7. The largest absolute Gasteiger partial charge is 0.496 e. The Hall–Kier alpha value is -1.92. The quantitative estimate of drug-likeness (QED) is 0.745. The smallest absolute Gasteiger partial charge is 0.166 e. The summed E-state index contributed by atoms with van der Waals surface area (Å²) in [5.41, 5.74) is 7.82. The molecule has 0 bridgehead atoms. The van der Waals surface area contributed by atoms with Gasteiger partial charge in [0.25, 0.3) is 0 Å². The van der Waals surface area contributed by atoms with Gasteiger partial charge in [0, 0.05) is 18.5 Å². The molecule has 1 aliphatic rings. The summed E-state index contributed by atoms with van der Waals surface area (Å²) in [6, 6.07) is 5.72. The Labute approximate surface area is 112 Å². The normalized spacial score (nSPS) is 15.2. The number of rotatable bonds is 5. The fourth-order valence-electron chi connectivity index (χ4n) is 1.92. The zero-order chi connectivity index (χ0) is 13.8. The summed E-state index contributed by atoms with van der Waals surface area (Å²) in [5, 5.41) is 16.6. The molecule has 1 aromatic carbocycles. The fourth-order valence-corrected chi connectivity index (χ4v) is 1.92. The third kappa shape index (κ3) is 2.91. The van der Waals surface area contributed by atoms with E-state index in [1.165, 1.54) is 5.06 Å². The van der Waals surface area contributed by atoms with Crippen LogP contribution < -0.4 is 10.5 Å². The predicted octanol–water partition coefficient (Wildman–Crippen LogP) is 1.29. The van der Waals surface area contributed by atoms with Crippen molar-refractivity contribution < 1.29 is 9.57 Å². The maximum Gasteiger partial charge on any atom is 0.166 e. The summed E-state index contributed by atoms with van der Waals surface area (Å²) in [4.78, 5) is 5.53. The summed E-state index contributed by atoms with van der Waals surface area (Å²) in [5.74, 6) is 0.887. The molecule has 6 nitrogen and oxygen atoms in total. The van der Waals surface area contributed by atoms with E-state index >= 15 is 0 Å². The van der Waals surface area contributed by atoms with Crippen LogP contribution in [0.15, 0.2) is 18.2 Å². The van der Waals surface area contributed by atoms with Crippen molar-refractivity contribution in [2.75, 3.05) is 13.7 Å². The number of nitrogens with one attached hydrogen (secondary N) is 2. The molecule has 19 heavy (non-hydrogen) atoms. The van der Waals surface area contributed by atoms with Gasteiger partial charge in [-0.25, -0.2) is 5.06 Å². The lowest BCUT2D eigenvalue weighted by Gasteiger charge is -2.17. The molecule has 1 aromatic rings. The number of hydrogen-bond donors (Lipinski definition) is 3. The van der Waals surface area contributed by atoms with Crippen molar-refractivity contribution in [3.8, 4) is 5.75 Å². The van der Waals surface area contributed by atoms with Gasteiger partial charge in [0.05, 0.1) is 19.4 Å². The van der Waals surface area contributed by atoms with Gasteiger partial charge in [-0.1, -0.05) is 12.1 Å². The molecule has 0 unspecified atom stereocenters. The van der Waals surface area contributed by atoms with Crippen molar-refractivity contribution >= 4 is 11.5 Å². The molecular formula is C13H18N4O2. The SMILES string of the molecule is COc1cc(CON2CCC(=N)C2=N)ccc1CN. The number of amidine groups is 1. The minimum Gasteiger partial charge on any atom is -0.496 e. The molecule has 0 atom stereocenters. The van der Waals surface area contributed by atoms with E-state index in [2.05, 4.69) is 0 Å². The molecule has 0 spiro atoms. The Bertz CT molecular complexity index is 501. The van der Waals surface area contributed by atoms with E-state index in [1.54, 1.807) is 7.11 Å². The third-order valence-electron chi connectivity index (χ3n) is 3.06. The second-order valence-electron chi connectivity index (χ2n) is 4.30. The highest BCUT2D eigenvalue weighted by Gasteiger charge is 2.23. The van der Waals surface area contributed by atoms with Crippen LogP contribution in [0.5, 0.6) is 5.75 Å². The number of hydroxylamine groups is 2. The van der Waals surface area contributed by atoms with E-state index in [9.17, 15) is 0 Å². The monoisotopic (exact) mass is 262 g/mol. The zero-order valence-electron chi connectivity index (χ0n) is 10.9. The number of nitrogens with two attached hydrogens (primary N) is 1. The summed E-state index contributed by atoms with van der Waals surface area (Å²) < 4.78 is 5.26. The van der Waals surface area contributed by atoms with Gasteiger partial charge in [0.2, 0.25) is 0 Å². The Morgan fingerprint density at radius 2 is 2.16 bits per heavy atom. The first-order valence-corrected chi connectivity index (χ1v) is 6.08. The number of methoxy groups -OCH3 is 1. The van der Waals surface area contributed by atoms with Gasteiger partial charge >= 0.3 is 0 Å². The molecule has 0 aromatic heterocycles.